The van der Waals surface area contributed by atoms with E-state index in [0.29, 0.717) is 28.2 Å². The second-order valence-electron chi connectivity index (χ2n) is 7.17. The second-order valence-corrected chi connectivity index (χ2v) is 8.38. The van der Waals surface area contributed by atoms with Gasteiger partial charge in [0.05, 0.1) is 30.3 Å². The van der Waals surface area contributed by atoms with Crippen LogP contribution in [0.2, 0.25) is 0 Å². The minimum Gasteiger partial charge on any atom is -0.493 e. The topological polar surface area (TPSA) is 78.9 Å². The van der Waals surface area contributed by atoms with Gasteiger partial charge in [0.15, 0.2) is 28.3 Å². The number of fused-ring (bicyclic) bond motifs is 1. The maximum Gasteiger partial charge on any atom is 0.573 e. The fraction of sp³-hybridized carbons (Fsp3) is 0.125. The highest BCUT2D eigenvalue weighted by Crippen LogP contribution is 2.37. The molecule has 1 unspecified atom stereocenters. The molecule has 0 aliphatic rings. The summed E-state index contributed by atoms with van der Waals surface area (Å²) in [6, 6.07) is 13.4. The quantitative estimate of drug-likeness (QED) is 0.277. The van der Waals surface area contributed by atoms with Crippen LogP contribution in [0.15, 0.2) is 71.8 Å². The Bertz CT molecular complexity index is 1430. The molecule has 0 saturated carbocycles. The number of aromatic nitrogens is 1. The Labute approximate surface area is 205 Å². The summed E-state index contributed by atoms with van der Waals surface area (Å²) in [7, 11) is 0.928. The molecule has 0 spiro atoms. The number of pyridine rings is 1. The van der Waals surface area contributed by atoms with Gasteiger partial charge in [0.25, 0.3) is 0 Å². The van der Waals surface area contributed by atoms with Crippen molar-refractivity contribution in [2.75, 3.05) is 18.9 Å². The molecule has 36 heavy (non-hydrogen) atoms. The molecule has 7 nitrogen and oxygen atoms in total. The average molecular weight is 522 g/mol. The zero-order chi connectivity index (χ0) is 25.9. The van der Waals surface area contributed by atoms with Crippen molar-refractivity contribution < 1.29 is 40.7 Å². The molecule has 4 aromatic rings. The molecule has 1 heterocycles. The monoisotopic (exact) mass is 522 g/mol. The van der Waals surface area contributed by atoms with E-state index >= 15 is 0 Å². The van der Waals surface area contributed by atoms with Crippen LogP contribution in [-0.4, -0.2) is 29.8 Å². The molecule has 0 aliphatic heterocycles. The summed E-state index contributed by atoms with van der Waals surface area (Å²) >= 11 is 0. The molecule has 1 N–H and O–H groups in total. The van der Waals surface area contributed by atoms with Crippen LogP contribution in [0.5, 0.6) is 28.7 Å². The first-order valence-corrected chi connectivity index (χ1v) is 11.3. The predicted octanol–water partition coefficient (Wildman–Crippen LogP) is 6.22. The third-order valence-corrected chi connectivity index (χ3v) is 5.92. The fourth-order valence-corrected chi connectivity index (χ4v) is 4.16. The molecule has 0 fully saturated rings. The normalized spacial score (nSPS) is 12.2. The lowest BCUT2D eigenvalue weighted by Crippen LogP contribution is -2.17. The zero-order valence-corrected chi connectivity index (χ0v) is 19.6. The average Bonchev–Trinajstić information content (AvgIpc) is 2.84. The summed E-state index contributed by atoms with van der Waals surface area (Å²) in [4.78, 5) is 4.24. The summed E-state index contributed by atoms with van der Waals surface area (Å²) in [5.41, 5.74) is 0.421. The molecular formula is C24H18F4N2O5S. The molecule has 4 rings (SSSR count). The summed E-state index contributed by atoms with van der Waals surface area (Å²) in [5.74, 6) is 0.137. The number of nitrogens with zero attached hydrogens (tertiary/aromatic N) is 1. The number of benzene rings is 3. The number of hydrogen-bond donors (Lipinski definition) is 1. The standard InChI is InChI=1S/C24H18F4N2O5S/c1-32-22-12-17-20(13-23(22)33-2)29-9-8-21(17)34-14-6-7-19(18(25)11-14)30-36(31)16-5-3-4-15(10-16)35-24(26,27)28/h3-13,30H,1-2H3. The number of nitrogens with one attached hydrogen (secondary N) is 1. The number of ether oxygens (including phenoxy) is 4. The number of hydrogen-bond acceptors (Lipinski definition) is 6. The molecule has 1 atom stereocenters. The van der Waals surface area contributed by atoms with E-state index < -0.39 is 28.9 Å². The maximum absolute atomic E-state index is 14.8. The molecule has 0 aliphatic carbocycles. The largest absolute Gasteiger partial charge is 0.573 e. The Morgan fingerprint density at radius 3 is 2.33 bits per heavy atom. The molecule has 0 amide bonds. The van der Waals surface area contributed by atoms with Gasteiger partial charge in [0.2, 0.25) is 0 Å². The zero-order valence-electron chi connectivity index (χ0n) is 18.8. The highest BCUT2D eigenvalue weighted by atomic mass is 32.2. The van der Waals surface area contributed by atoms with E-state index in [2.05, 4.69) is 14.4 Å². The summed E-state index contributed by atoms with van der Waals surface area (Å²) < 4.78 is 87.3. The number of alkyl halides is 3. The van der Waals surface area contributed by atoms with Crippen molar-refractivity contribution >= 4 is 27.6 Å². The SMILES string of the molecule is COc1cc2nccc(Oc3ccc(NS(=O)c4cccc(OC(F)(F)F)c4)c(F)c3)c2cc1OC. The Kier molecular flexibility index (Phi) is 7.15. The Morgan fingerprint density at radius 2 is 1.64 bits per heavy atom. The van der Waals surface area contributed by atoms with Gasteiger partial charge >= 0.3 is 6.36 Å². The number of halogens is 4. The lowest BCUT2D eigenvalue weighted by molar-refractivity contribution is -0.274. The van der Waals surface area contributed by atoms with E-state index in [4.69, 9.17) is 14.2 Å². The van der Waals surface area contributed by atoms with Crippen LogP contribution in [-0.2, 0) is 11.0 Å². The molecule has 3 aromatic carbocycles. The molecule has 1 aromatic heterocycles. The van der Waals surface area contributed by atoms with Gasteiger partial charge in [0, 0.05) is 23.7 Å². The minimum atomic E-state index is -4.90. The molecule has 0 bridgehead atoms. The van der Waals surface area contributed by atoms with Gasteiger partial charge in [-0.25, -0.2) is 8.60 Å². The molecule has 0 saturated heterocycles. The highest BCUT2D eigenvalue weighted by molar-refractivity contribution is 7.86. The van der Waals surface area contributed by atoms with Crippen LogP contribution in [0.4, 0.5) is 23.2 Å². The van der Waals surface area contributed by atoms with Gasteiger partial charge in [-0.05, 0) is 42.5 Å². The van der Waals surface area contributed by atoms with Gasteiger partial charge in [0.1, 0.15) is 17.2 Å². The Morgan fingerprint density at radius 1 is 0.889 bits per heavy atom. The third-order valence-electron chi connectivity index (χ3n) is 4.83. The first-order chi connectivity index (χ1) is 17.2. The van der Waals surface area contributed by atoms with Crippen molar-refractivity contribution in [1.82, 2.24) is 4.98 Å². The molecule has 188 valence electrons. The van der Waals surface area contributed by atoms with Crippen molar-refractivity contribution in [3.8, 4) is 28.7 Å². The number of anilines is 1. The van der Waals surface area contributed by atoms with Crippen molar-refractivity contribution in [1.29, 1.82) is 0 Å². The molecule has 0 radical (unpaired) electrons. The van der Waals surface area contributed by atoms with Crippen molar-refractivity contribution in [2.24, 2.45) is 0 Å². The van der Waals surface area contributed by atoms with E-state index in [-0.39, 0.29) is 16.3 Å². The van der Waals surface area contributed by atoms with E-state index in [1.54, 1.807) is 18.2 Å². The van der Waals surface area contributed by atoms with Crippen LogP contribution in [0.3, 0.4) is 0 Å². The van der Waals surface area contributed by atoms with Crippen LogP contribution in [0.1, 0.15) is 0 Å². The van der Waals surface area contributed by atoms with Crippen LogP contribution >= 0.6 is 0 Å². The van der Waals surface area contributed by atoms with Crippen molar-refractivity contribution in [2.45, 2.75) is 11.3 Å². The predicted molar refractivity (Wildman–Crippen MR) is 124 cm³/mol. The fourth-order valence-electron chi connectivity index (χ4n) is 3.25. The van der Waals surface area contributed by atoms with E-state index in [1.807, 2.05) is 0 Å². The number of methoxy groups -OCH3 is 2. The first kappa shape index (κ1) is 25.0. The lowest BCUT2D eigenvalue weighted by atomic mass is 10.2. The van der Waals surface area contributed by atoms with Gasteiger partial charge in [-0.2, -0.15) is 0 Å². The van der Waals surface area contributed by atoms with E-state index in [0.717, 1.165) is 18.2 Å². The summed E-state index contributed by atoms with van der Waals surface area (Å²) in [6.07, 6.45) is -3.37. The summed E-state index contributed by atoms with van der Waals surface area (Å²) in [6.45, 7) is 0. The second kappa shape index (κ2) is 10.3. The van der Waals surface area contributed by atoms with E-state index in [1.165, 1.54) is 44.7 Å². The smallest absolute Gasteiger partial charge is 0.493 e. The Balaban J connectivity index is 1.54. The van der Waals surface area contributed by atoms with Crippen molar-refractivity contribution in [3.63, 3.8) is 0 Å². The van der Waals surface area contributed by atoms with Crippen molar-refractivity contribution in [3.05, 3.63) is 72.7 Å². The third kappa shape index (κ3) is 5.77. The first-order valence-electron chi connectivity index (χ1n) is 10.2. The molecular weight excluding hydrogens is 504 g/mol. The van der Waals surface area contributed by atoms with Gasteiger partial charge in [-0.15, -0.1) is 13.2 Å². The van der Waals surface area contributed by atoms with Gasteiger partial charge in [-0.1, -0.05) is 6.07 Å². The summed E-state index contributed by atoms with van der Waals surface area (Å²) in [5, 5.41) is 0.597. The highest BCUT2D eigenvalue weighted by Gasteiger charge is 2.31. The lowest BCUT2D eigenvalue weighted by Gasteiger charge is -2.13. The Hall–Kier alpha value is -4.06. The van der Waals surface area contributed by atoms with Gasteiger partial charge in [-0.3, -0.25) is 9.71 Å². The molecule has 12 heteroatoms. The minimum absolute atomic E-state index is 0.0379. The van der Waals surface area contributed by atoms with Crippen LogP contribution < -0.4 is 23.7 Å². The van der Waals surface area contributed by atoms with Gasteiger partial charge < -0.3 is 18.9 Å². The van der Waals surface area contributed by atoms with Crippen LogP contribution in [0.25, 0.3) is 10.9 Å². The number of rotatable bonds is 8. The maximum atomic E-state index is 14.8. The van der Waals surface area contributed by atoms with Crippen LogP contribution in [0, 0.1) is 5.82 Å². The van der Waals surface area contributed by atoms with E-state index in [9.17, 15) is 21.8 Å².